The lowest BCUT2D eigenvalue weighted by molar-refractivity contribution is -0.118. The van der Waals surface area contributed by atoms with Crippen LogP contribution in [0.2, 0.25) is 0 Å². The predicted molar refractivity (Wildman–Crippen MR) is 120 cm³/mol. The molecule has 1 atom stereocenters. The van der Waals surface area contributed by atoms with Crippen molar-refractivity contribution in [2.24, 2.45) is 0 Å². The van der Waals surface area contributed by atoms with Gasteiger partial charge in [-0.15, -0.1) is 0 Å². The molecule has 0 bridgehead atoms. The van der Waals surface area contributed by atoms with Gasteiger partial charge in [0.05, 0.1) is 11.3 Å². The molecular formula is C23H24N6O3. The van der Waals surface area contributed by atoms with E-state index in [0.29, 0.717) is 22.8 Å². The summed E-state index contributed by atoms with van der Waals surface area (Å²) in [5.74, 6) is 0.632. The molecule has 2 heterocycles. The number of nitrogens with one attached hydrogen (secondary N) is 4. The molecule has 0 aliphatic carbocycles. The fraction of sp³-hybridized carbons (Fsp3) is 0.261. The molecule has 164 valence electrons. The molecule has 1 aliphatic rings. The Labute approximate surface area is 185 Å². The van der Waals surface area contributed by atoms with Crippen molar-refractivity contribution in [3.05, 3.63) is 59.9 Å². The van der Waals surface area contributed by atoms with Crippen LogP contribution in [0.25, 0.3) is 11.4 Å². The number of H-pyrrole nitrogens is 1. The normalized spacial score (nSPS) is 15.5. The van der Waals surface area contributed by atoms with Crippen molar-refractivity contribution in [1.82, 2.24) is 20.5 Å². The highest BCUT2D eigenvalue weighted by Gasteiger charge is 2.27. The Hall–Kier alpha value is -4.01. The van der Waals surface area contributed by atoms with E-state index in [-0.39, 0.29) is 36.5 Å². The number of nitrogens with zero attached hydrogens (tertiary/aromatic N) is 2. The van der Waals surface area contributed by atoms with Crippen LogP contribution in [0.3, 0.4) is 0 Å². The molecule has 1 aromatic heterocycles. The van der Waals surface area contributed by atoms with Crippen LogP contribution in [-0.2, 0) is 9.59 Å². The molecule has 0 fully saturated rings. The molecule has 0 saturated heterocycles. The number of hydrogen-bond donors (Lipinski definition) is 4. The number of para-hydroxylation sites is 1. The number of aromatic amines is 1. The summed E-state index contributed by atoms with van der Waals surface area (Å²) in [7, 11) is 0. The Balaban J connectivity index is 1.37. The highest BCUT2D eigenvalue weighted by atomic mass is 16.2. The van der Waals surface area contributed by atoms with Crippen LogP contribution >= 0.6 is 0 Å². The zero-order valence-corrected chi connectivity index (χ0v) is 17.8. The Morgan fingerprint density at radius 1 is 1.12 bits per heavy atom. The van der Waals surface area contributed by atoms with Crippen LogP contribution in [0.1, 0.15) is 48.8 Å². The highest BCUT2D eigenvalue weighted by molar-refractivity contribution is 6.10. The van der Waals surface area contributed by atoms with Crippen LogP contribution < -0.4 is 16.0 Å². The molecule has 2 aromatic carbocycles. The van der Waals surface area contributed by atoms with Gasteiger partial charge in [0.1, 0.15) is 11.9 Å². The summed E-state index contributed by atoms with van der Waals surface area (Å²) >= 11 is 0. The van der Waals surface area contributed by atoms with Crippen molar-refractivity contribution >= 4 is 29.1 Å². The lowest BCUT2D eigenvalue weighted by Crippen LogP contribution is -2.41. The van der Waals surface area contributed by atoms with E-state index in [1.54, 1.807) is 36.4 Å². The zero-order valence-electron chi connectivity index (χ0n) is 17.8. The molecule has 32 heavy (non-hydrogen) atoms. The summed E-state index contributed by atoms with van der Waals surface area (Å²) in [5.41, 5.74) is 2.24. The van der Waals surface area contributed by atoms with E-state index in [2.05, 4.69) is 31.1 Å². The molecule has 0 saturated carbocycles. The maximum Gasteiger partial charge on any atom is 0.254 e. The minimum absolute atomic E-state index is 0.0666. The van der Waals surface area contributed by atoms with E-state index in [0.717, 1.165) is 11.4 Å². The first-order valence-electron chi connectivity index (χ1n) is 10.4. The van der Waals surface area contributed by atoms with Crippen molar-refractivity contribution < 1.29 is 14.4 Å². The Bertz CT molecular complexity index is 1170. The van der Waals surface area contributed by atoms with E-state index in [1.165, 1.54) is 0 Å². The first kappa shape index (κ1) is 21.2. The van der Waals surface area contributed by atoms with Crippen molar-refractivity contribution in [3.8, 4) is 11.4 Å². The molecule has 0 radical (unpaired) electrons. The molecule has 0 unspecified atom stereocenters. The molecule has 4 rings (SSSR count). The molecule has 1 aliphatic heterocycles. The van der Waals surface area contributed by atoms with Gasteiger partial charge in [0.2, 0.25) is 11.8 Å². The highest BCUT2D eigenvalue weighted by Crippen LogP contribution is 2.22. The number of carbonyl (C=O) groups excluding carboxylic acids is 3. The van der Waals surface area contributed by atoms with E-state index >= 15 is 0 Å². The van der Waals surface area contributed by atoms with Crippen LogP contribution in [0.5, 0.6) is 0 Å². The summed E-state index contributed by atoms with van der Waals surface area (Å²) in [4.78, 5) is 41.8. The van der Waals surface area contributed by atoms with Gasteiger partial charge >= 0.3 is 0 Å². The molecule has 0 spiro atoms. The van der Waals surface area contributed by atoms with Gasteiger partial charge in [0.15, 0.2) is 5.82 Å². The zero-order chi connectivity index (χ0) is 22.7. The quantitative estimate of drug-likeness (QED) is 0.476. The van der Waals surface area contributed by atoms with E-state index < -0.39 is 6.04 Å². The number of amides is 3. The van der Waals surface area contributed by atoms with E-state index in [4.69, 9.17) is 0 Å². The number of fused-ring (bicyclic) bond motifs is 1. The largest absolute Gasteiger partial charge is 0.340 e. The molecule has 9 nitrogen and oxygen atoms in total. The second-order valence-corrected chi connectivity index (χ2v) is 7.93. The number of rotatable bonds is 6. The number of hydrogen-bond acceptors (Lipinski definition) is 5. The molecule has 3 amide bonds. The number of carbonyl (C=O) groups is 3. The van der Waals surface area contributed by atoms with Gasteiger partial charge in [0.25, 0.3) is 5.91 Å². The third kappa shape index (κ3) is 4.66. The summed E-state index contributed by atoms with van der Waals surface area (Å²) in [6.07, 6.45) is 0.243. The van der Waals surface area contributed by atoms with Gasteiger partial charge in [-0.3, -0.25) is 19.5 Å². The van der Waals surface area contributed by atoms with Gasteiger partial charge < -0.3 is 16.0 Å². The second-order valence-electron chi connectivity index (χ2n) is 7.93. The third-order valence-electron chi connectivity index (χ3n) is 5.17. The minimum atomic E-state index is -0.797. The number of anilines is 2. The standard InChI is InChI=1S/C23H24N6O3/c1-13(2)20-27-21(29-28-20)14-6-5-7-15(12-14)24-19(30)11-10-18-23(32)25-17-9-4-3-8-16(17)22(31)26-18/h3-9,12-13,18H,10-11H2,1-2H3,(H,24,30)(H,25,32)(H,26,31)(H,27,28,29)/t18-/m1/s1. The monoisotopic (exact) mass is 432 g/mol. The lowest BCUT2D eigenvalue weighted by Gasteiger charge is -2.14. The van der Waals surface area contributed by atoms with Crippen LogP contribution in [0.4, 0.5) is 11.4 Å². The topological polar surface area (TPSA) is 129 Å². The minimum Gasteiger partial charge on any atom is -0.340 e. The summed E-state index contributed by atoms with van der Waals surface area (Å²) in [6, 6.07) is 13.2. The van der Waals surface area contributed by atoms with Gasteiger partial charge in [-0.25, -0.2) is 4.98 Å². The van der Waals surface area contributed by atoms with Crippen molar-refractivity contribution in [1.29, 1.82) is 0 Å². The average molecular weight is 432 g/mol. The Kier molecular flexibility index (Phi) is 5.98. The lowest BCUT2D eigenvalue weighted by atomic mass is 10.1. The first-order valence-corrected chi connectivity index (χ1v) is 10.4. The first-order chi connectivity index (χ1) is 15.4. The average Bonchev–Trinajstić information content (AvgIpc) is 3.23. The van der Waals surface area contributed by atoms with Gasteiger partial charge in [-0.2, -0.15) is 5.10 Å². The molecule has 3 aromatic rings. The summed E-state index contributed by atoms with van der Waals surface area (Å²) in [5, 5.41) is 15.4. The van der Waals surface area contributed by atoms with Gasteiger partial charge in [-0.1, -0.05) is 38.1 Å². The van der Waals surface area contributed by atoms with Gasteiger partial charge in [-0.05, 0) is 30.7 Å². The van der Waals surface area contributed by atoms with Crippen LogP contribution in [0, 0.1) is 0 Å². The second kappa shape index (κ2) is 9.01. The predicted octanol–water partition coefficient (Wildman–Crippen LogP) is 3.06. The fourth-order valence-corrected chi connectivity index (χ4v) is 3.41. The number of aromatic nitrogens is 3. The fourth-order valence-electron chi connectivity index (χ4n) is 3.41. The maximum absolute atomic E-state index is 12.5. The van der Waals surface area contributed by atoms with Crippen LogP contribution in [0.15, 0.2) is 48.5 Å². The summed E-state index contributed by atoms with van der Waals surface area (Å²) in [6.45, 7) is 4.05. The van der Waals surface area contributed by atoms with E-state index in [1.807, 2.05) is 26.0 Å². The maximum atomic E-state index is 12.5. The molecule has 9 heteroatoms. The SMILES string of the molecule is CC(C)c1nc(-c2cccc(NC(=O)CC[C@H]3NC(=O)c4ccccc4NC3=O)c2)n[nH]1. The smallest absolute Gasteiger partial charge is 0.254 e. The molecule has 4 N–H and O–H groups in total. The van der Waals surface area contributed by atoms with Crippen molar-refractivity contribution in [2.45, 2.75) is 38.6 Å². The van der Waals surface area contributed by atoms with E-state index in [9.17, 15) is 14.4 Å². The Morgan fingerprint density at radius 2 is 1.94 bits per heavy atom. The van der Waals surface area contributed by atoms with Crippen LogP contribution in [-0.4, -0.2) is 38.9 Å². The van der Waals surface area contributed by atoms with Gasteiger partial charge in [0, 0.05) is 23.6 Å². The van der Waals surface area contributed by atoms with Crippen molar-refractivity contribution in [3.63, 3.8) is 0 Å². The Morgan fingerprint density at radius 3 is 2.72 bits per heavy atom. The summed E-state index contributed by atoms with van der Waals surface area (Å²) < 4.78 is 0. The number of benzene rings is 2. The van der Waals surface area contributed by atoms with Crippen molar-refractivity contribution in [2.75, 3.05) is 10.6 Å². The molecular weight excluding hydrogens is 408 g/mol. The third-order valence-corrected chi connectivity index (χ3v) is 5.17.